The van der Waals surface area contributed by atoms with Crippen LogP contribution in [-0.2, 0) is 0 Å². The van der Waals surface area contributed by atoms with Crippen molar-refractivity contribution >= 4 is 11.8 Å². The van der Waals surface area contributed by atoms with Crippen LogP contribution in [0.1, 0.15) is 12.8 Å². The van der Waals surface area contributed by atoms with E-state index in [1.165, 1.54) is 10.7 Å². The predicted molar refractivity (Wildman–Crippen MR) is 72.4 cm³/mol. The average molecular weight is 297 g/mol. The standard InChI is InChI=1S/C12H22F3N3S/c13-12(14,15)9-17-3-5-18(6-4-17)11(8-16)2-1-7-19-10-11/h1-10,16H2. The van der Waals surface area contributed by atoms with Gasteiger partial charge in [0, 0.05) is 44.0 Å². The SMILES string of the molecule is NCC1(N2CCN(CC(F)(F)F)CC2)CCCSC1. The molecule has 2 aliphatic heterocycles. The molecule has 0 aromatic heterocycles. The van der Waals surface area contributed by atoms with Crippen LogP contribution in [0.25, 0.3) is 0 Å². The molecule has 2 fully saturated rings. The molecule has 2 rings (SSSR count). The van der Waals surface area contributed by atoms with Gasteiger partial charge in [0.1, 0.15) is 0 Å². The number of rotatable bonds is 3. The topological polar surface area (TPSA) is 32.5 Å². The minimum absolute atomic E-state index is 0.0211. The molecule has 1 unspecified atom stereocenters. The van der Waals surface area contributed by atoms with E-state index in [0.717, 1.165) is 18.6 Å². The van der Waals surface area contributed by atoms with Crippen molar-refractivity contribution in [3.05, 3.63) is 0 Å². The van der Waals surface area contributed by atoms with Crippen LogP contribution in [0.3, 0.4) is 0 Å². The first-order valence-corrected chi connectivity index (χ1v) is 7.93. The normalized spacial score (nSPS) is 31.6. The van der Waals surface area contributed by atoms with Gasteiger partial charge >= 0.3 is 6.18 Å². The molecule has 1 atom stereocenters. The van der Waals surface area contributed by atoms with Gasteiger partial charge in [-0.1, -0.05) is 0 Å². The van der Waals surface area contributed by atoms with Crippen LogP contribution in [0.4, 0.5) is 13.2 Å². The fourth-order valence-corrected chi connectivity index (χ4v) is 4.33. The Bertz CT molecular complexity index is 284. The van der Waals surface area contributed by atoms with Crippen molar-refractivity contribution in [3.63, 3.8) is 0 Å². The van der Waals surface area contributed by atoms with Crippen LogP contribution in [0.2, 0.25) is 0 Å². The van der Waals surface area contributed by atoms with Crippen molar-refractivity contribution in [2.45, 2.75) is 24.6 Å². The fraction of sp³-hybridized carbons (Fsp3) is 1.00. The molecular formula is C12H22F3N3S. The third kappa shape index (κ3) is 4.00. The lowest BCUT2D eigenvalue weighted by atomic mass is 9.92. The van der Waals surface area contributed by atoms with E-state index in [2.05, 4.69) is 4.90 Å². The van der Waals surface area contributed by atoms with Gasteiger partial charge in [0.05, 0.1) is 6.54 Å². The Morgan fingerprint density at radius 2 is 1.84 bits per heavy atom. The molecule has 2 heterocycles. The fourth-order valence-electron chi connectivity index (χ4n) is 3.01. The van der Waals surface area contributed by atoms with Gasteiger partial charge in [0.15, 0.2) is 0 Å². The Balaban J connectivity index is 1.88. The van der Waals surface area contributed by atoms with E-state index >= 15 is 0 Å². The van der Waals surface area contributed by atoms with Crippen molar-refractivity contribution in [2.75, 3.05) is 50.8 Å². The lowest BCUT2D eigenvalue weighted by Crippen LogP contribution is -2.62. The predicted octanol–water partition coefficient (Wildman–Crippen LogP) is 1.39. The van der Waals surface area contributed by atoms with Crippen molar-refractivity contribution in [1.82, 2.24) is 9.80 Å². The van der Waals surface area contributed by atoms with Crippen molar-refractivity contribution in [1.29, 1.82) is 0 Å². The van der Waals surface area contributed by atoms with E-state index in [9.17, 15) is 13.2 Å². The zero-order valence-corrected chi connectivity index (χ0v) is 11.9. The molecule has 0 radical (unpaired) electrons. The summed E-state index contributed by atoms with van der Waals surface area (Å²) in [6, 6.07) is 0. The van der Waals surface area contributed by atoms with E-state index < -0.39 is 12.7 Å². The summed E-state index contributed by atoms with van der Waals surface area (Å²) >= 11 is 1.92. The molecule has 3 nitrogen and oxygen atoms in total. The molecule has 0 aromatic carbocycles. The molecular weight excluding hydrogens is 275 g/mol. The molecule has 2 aliphatic rings. The highest BCUT2D eigenvalue weighted by Gasteiger charge is 2.40. The number of thioether (sulfide) groups is 1. The van der Waals surface area contributed by atoms with Crippen LogP contribution in [-0.4, -0.2) is 72.3 Å². The number of hydrogen-bond donors (Lipinski definition) is 1. The summed E-state index contributed by atoms with van der Waals surface area (Å²) in [7, 11) is 0. The van der Waals surface area contributed by atoms with E-state index in [-0.39, 0.29) is 5.54 Å². The summed E-state index contributed by atoms with van der Waals surface area (Å²) < 4.78 is 37.1. The van der Waals surface area contributed by atoms with Gasteiger partial charge < -0.3 is 5.73 Å². The molecule has 2 N–H and O–H groups in total. The van der Waals surface area contributed by atoms with Gasteiger partial charge in [0.2, 0.25) is 0 Å². The van der Waals surface area contributed by atoms with Gasteiger partial charge in [-0.15, -0.1) is 0 Å². The third-order valence-corrected chi connectivity index (χ3v) is 5.45. The maximum Gasteiger partial charge on any atom is 0.401 e. The van der Waals surface area contributed by atoms with Gasteiger partial charge in [-0.2, -0.15) is 24.9 Å². The van der Waals surface area contributed by atoms with Crippen molar-refractivity contribution < 1.29 is 13.2 Å². The lowest BCUT2D eigenvalue weighted by Gasteiger charge is -2.49. The minimum Gasteiger partial charge on any atom is -0.329 e. The molecule has 0 saturated carbocycles. The Morgan fingerprint density at radius 1 is 1.16 bits per heavy atom. The second kappa shape index (κ2) is 6.20. The number of nitrogens with two attached hydrogens (primary N) is 1. The van der Waals surface area contributed by atoms with Gasteiger partial charge in [-0.05, 0) is 18.6 Å². The summed E-state index contributed by atoms with van der Waals surface area (Å²) in [5.74, 6) is 2.19. The number of halogens is 3. The highest BCUT2D eigenvalue weighted by molar-refractivity contribution is 7.99. The molecule has 0 aliphatic carbocycles. The van der Waals surface area contributed by atoms with Gasteiger partial charge in [0.25, 0.3) is 0 Å². The second-order valence-electron chi connectivity index (χ2n) is 5.46. The third-order valence-electron chi connectivity index (χ3n) is 4.13. The first-order valence-electron chi connectivity index (χ1n) is 6.77. The summed E-state index contributed by atoms with van der Waals surface area (Å²) in [5.41, 5.74) is 5.98. The van der Waals surface area contributed by atoms with Crippen LogP contribution in [0.15, 0.2) is 0 Å². The van der Waals surface area contributed by atoms with Crippen LogP contribution in [0.5, 0.6) is 0 Å². The van der Waals surface area contributed by atoms with E-state index in [1.54, 1.807) is 0 Å². The number of piperazine rings is 1. The van der Waals surface area contributed by atoms with E-state index in [4.69, 9.17) is 5.73 Å². The monoisotopic (exact) mass is 297 g/mol. The van der Waals surface area contributed by atoms with Crippen molar-refractivity contribution in [3.8, 4) is 0 Å². The van der Waals surface area contributed by atoms with Crippen LogP contribution in [0, 0.1) is 0 Å². The Kier molecular flexibility index (Phi) is 5.03. The van der Waals surface area contributed by atoms with Crippen LogP contribution >= 0.6 is 11.8 Å². The summed E-state index contributed by atoms with van der Waals surface area (Å²) in [6.07, 6.45) is -1.85. The van der Waals surface area contributed by atoms with Gasteiger partial charge in [-0.3, -0.25) is 9.80 Å². The van der Waals surface area contributed by atoms with Gasteiger partial charge in [-0.25, -0.2) is 0 Å². The quantitative estimate of drug-likeness (QED) is 0.853. The summed E-state index contributed by atoms with van der Waals surface area (Å²) in [5, 5.41) is 0. The maximum absolute atomic E-state index is 12.4. The Hall–Kier alpha value is 0.0200. The molecule has 0 spiro atoms. The van der Waals surface area contributed by atoms with E-state index in [0.29, 0.717) is 32.7 Å². The first kappa shape index (κ1) is 15.4. The highest BCUT2D eigenvalue weighted by Crippen LogP contribution is 2.32. The zero-order chi connectivity index (χ0) is 13.9. The van der Waals surface area contributed by atoms with Crippen LogP contribution < -0.4 is 5.73 Å². The lowest BCUT2D eigenvalue weighted by molar-refractivity contribution is -0.150. The molecule has 7 heteroatoms. The highest BCUT2D eigenvalue weighted by atomic mass is 32.2. The van der Waals surface area contributed by atoms with Crippen molar-refractivity contribution in [2.24, 2.45) is 5.73 Å². The largest absolute Gasteiger partial charge is 0.401 e. The Labute approximate surface area is 116 Å². The molecule has 112 valence electrons. The zero-order valence-electron chi connectivity index (χ0n) is 11.1. The molecule has 19 heavy (non-hydrogen) atoms. The Morgan fingerprint density at radius 3 is 2.32 bits per heavy atom. The average Bonchev–Trinajstić information content (AvgIpc) is 2.38. The first-order chi connectivity index (χ1) is 8.95. The number of alkyl halides is 3. The minimum atomic E-state index is -4.09. The molecule has 0 aromatic rings. The summed E-state index contributed by atoms with van der Waals surface area (Å²) in [6.45, 7) is 2.21. The number of hydrogen-bond acceptors (Lipinski definition) is 4. The smallest absolute Gasteiger partial charge is 0.329 e. The molecule has 0 bridgehead atoms. The molecule has 0 amide bonds. The maximum atomic E-state index is 12.4. The molecule has 2 saturated heterocycles. The second-order valence-corrected chi connectivity index (χ2v) is 6.57. The number of nitrogens with zero attached hydrogens (tertiary/aromatic N) is 2. The summed E-state index contributed by atoms with van der Waals surface area (Å²) in [4.78, 5) is 3.82. The van der Waals surface area contributed by atoms with E-state index in [1.807, 2.05) is 11.8 Å².